The van der Waals surface area contributed by atoms with E-state index in [0.29, 0.717) is 30.2 Å². The molecule has 0 aliphatic rings. The van der Waals surface area contributed by atoms with Gasteiger partial charge in [-0.2, -0.15) is 0 Å². The Morgan fingerprint density at radius 1 is 0.862 bits per heavy atom. The third-order valence-electron chi connectivity index (χ3n) is 4.66. The Labute approximate surface area is 172 Å². The van der Waals surface area contributed by atoms with Crippen molar-refractivity contribution in [3.8, 4) is 17.2 Å². The maximum Gasteiger partial charge on any atom is 0.488 e. The van der Waals surface area contributed by atoms with Gasteiger partial charge in [0.1, 0.15) is 17.2 Å². The van der Waals surface area contributed by atoms with Crippen LogP contribution in [0.4, 0.5) is 0 Å². The fraction of sp³-hybridized carbons (Fsp3) is 0.409. The quantitative estimate of drug-likeness (QED) is 0.343. The first kappa shape index (κ1) is 22.8. The Hall–Kier alpha value is -2.51. The maximum absolute atomic E-state index is 11.8. The molecule has 0 aliphatic heterocycles. The molecule has 0 bridgehead atoms. The van der Waals surface area contributed by atoms with Crippen LogP contribution in [-0.2, 0) is 9.53 Å². The number of ether oxygens (including phenoxy) is 3. The van der Waals surface area contributed by atoms with E-state index in [4.69, 9.17) is 24.3 Å². The number of unbranched alkanes of at least 4 members (excludes halogenated alkanes) is 1. The van der Waals surface area contributed by atoms with Gasteiger partial charge in [0.05, 0.1) is 19.1 Å². The lowest BCUT2D eigenvalue weighted by molar-refractivity contribution is -0.149. The summed E-state index contributed by atoms with van der Waals surface area (Å²) in [6.07, 6.45) is 1.56. The van der Waals surface area contributed by atoms with E-state index in [9.17, 15) is 4.79 Å². The minimum Gasteiger partial charge on any atom is -0.494 e. The largest absolute Gasteiger partial charge is 0.494 e. The molecule has 2 aromatic carbocycles. The van der Waals surface area contributed by atoms with Crippen molar-refractivity contribution in [1.29, 1.82) is 0 Å². The van der Waals surface area contributed by atoms with E-state index >= 15 is 0 Å². The number of hydrogen-bond acceptors (Lipinski definition) is 6. The van der Waals surface area contributed by atoms with Crippen LogP contribution in [0.25, 0.3) is 0 Å². The second kappa shape index (κ2) is 11.5. The highest BCUT2D eigenvalue weighted by Crippen LogP contribution is 2.23. The molecule has 0 saturated carbocycles. The van der Waals surface area contributed by atoms with Crippen molar-refractivity contribution in [1.82, 2.24) is 0 Å². The highest BCUT2D eigenvalue weighted by Gasteiger charge is 2.17. The maximum atomic E-state index is 11.8. The second-order valence-electron chi connectivity index (χ2n) is 7.27. The van der Waals surface area contributed by atoms with E-state index in [1.165, 1.54) is 0 Å². The number of rotatable bonds is 11. The predicted molar refractivity (Wildman–Crippen MR) is 112 cm³/mol. The van der Waals surface area contributed by atoms with Gasteiger partial charge in [0.15, 0.2) is 0 Å². The summed E-state index contributed by atoms with van der Waals surface area (Å²) in [5.74, 6) is 2.06. The highest BCUT2D eigenvalue weighted by molar-refractivity contribution is 6.58. The van der Waals surface area contributed by atoms with Crippen LogP contribution in [0.1, 0.15) is 33.6 Å². The zero-order chi connectivity index (χ0) is 21.2. The Morgan fingerprint density at radius 2 is 1.38 bits per heavy atom. The van der Waals surface area contributed by atoms with Gasteiger partial charge < -0.3 is 24.3 Å². The van der Waals surface area contributed by atoms with E-state index in [-0.39, 0.29) is 17.8 Å². The average molecular weight is 400 g/mol. The Morgan fingerprint density at radius 3 is 1.93 bits per heavy atom. The molecule has 2 rings (SSSR count). The molecule has 0 fully saturated rings. The van der Waals surface area contributed by atoms with Crippen LogP contribution >= 0.6 is 0 Å². The summed E-state index contributed by atoms with van der Waals surface area (Å²) in [7, 11) is -1.49. The van der Waals surface area contributed by atoms with Gasteiger partial charge in [-0.15, -0.1) is 0 Å². The monoisotopic (exact) mass is 400 g/mol. The van der Waals surface area contributed by atoms with E-state index in [0.717, 1.165) is 18.6 Å². The molecule has 1 unspecified atom stereocenters. The highest BCUT2D eigenvalue weighted by atomic mass is 16.5. The Bertz CT molecular complexity index is 743. The summed E-state index contributed by atoms with van der Waals surface area (Å²) >= 11 is 0. The molecule has 1 atom stereocenters. The van der Waals surface area contributed by atoms with Gasteiger partial charge in [-0.25, -0.2) is 0 Å². The molecular formula is C22H29BO6. The van der Waals surface area contributed by atoms with Crippen LogP contribution in [0.15, 0.2) is 48.5 Å². The van der Waals surface area contributed by atoms with E-state index in [2.05, 4.69) is 0 Å². The third kappa shape index (κ3) is 7.79. The van der Waals surface area contributed by atoms with Gasteiger partial charge in [0.2, 0.25) is 0 Å². The SMILES string of the molecule is CC(C)C(C)C(=O)OCCCCOc1ccc(Oc2ccc(B(O)O)cc2)cc1. The lowest BCUT2D eigenvalue weighted by Gasteiger charge is -2.14. The second-order valence-corrected chi connectivity index (χ2v) is 7.27. The zero-order valence-electron chi connectivity index (χ0n) is 17.2. The van der Waals surface area contributed by atoms with Crippen LogP contribution in [0.3, 0.4) is 0 Å². The first-order valence-electron chi connectivity index (χ1n) is 9.90. The van der Waals surface area contributed by atoms with Crippen molar-refractivity contribution in [2.24, 2.45) is 11.8 Å². The number of esters is 1. The molecule has 6 nitrogen and oxygen atoms in total. The van der Waals surface area contributed by atoms with Crippen LogP contribution in [0.5, 0.6) is 17.2 Å². The fourth-order valence-electron chi connectivity index (χ4n) is 2.42. The van der Waals surface area contributed by atoms with Crippen LogP contribution in [0.2, 0.25) is 0 Å². The fourth-order valence-corrected chi connectivity index (χ4v) is 2.42. The zero-order valence-corrected chi connectivity index (χ0v) is 17.2. The van der Waals surface area contributed by atoms with Gasteiger partial charge in [-0.1, -0.05) is 32.9 Å². The van der Waals surface area contributed by atoms with E-state index in [1.807, 2.05) is 32.9 Å². The van der Waals surface area contributed by atoms with Crippen LogP contribution < -0.4 is 14.9 Å². The summed E-state index contributed by atoms with van der Waals surface area (Å²) in [6.45, 7) is 6.86. The van der Waals surface area contributed by atoms with E-state index in [1.54, 1.807) is 36.4 Å². The smallest absolute Gasteiger partial charge is 0.488 e. The van der Waals surface area contributed by atoms with Crippen molar-refractivity contribution in [2.45, 2.75) is 33.6 Å². The molecule has 0 saturated heterocycles. The molecule has 0 radical (unpaired) electrons. The van der Waals surface area contributed by atoms with Crippen molar-refractivity contribution in [3.63, 3.8) is 0 Å². The molecule has 7 heteroatoms. The molecule has 0 amide bonds. The lowest BCUT2D eigenvalue weighted by Crippen LogP contribution is -2.29. The number of hydrogen-bond donors (Lipinski definition) is 2. The average Bonchev–Trinajstić information content (AvgIpc) is 2.71. The molecule has 156 valence electrons. The molecule has 2 N–H and O–H groups in total. The van der Waals surface area contributed by atoms with Gasteiger partial charge >= 0.3 is 13.1 Å². The number of carbonyl (C=O) groups is 1. The van der Waals surface area contributed by atoms with Crippen LogP contribution in [0, 0.1) is 11.8 Å². The van der Waals surface area contributed by atoms with Crippen LogP contribution in [-0.4, -0.2) is 36.3 Å². The third-order valence-corrected chi connectivity index (χ3v) is 4.66. The number of carbonyl (C=O) groups excluding carboxylic acids is 1. The molecule has 29 heavy (non-hydrogen) atoms. The molecule has 2 aromatic rings. The van der Waals surface area contributed by atoms with Crippen molar-refractivity contribution in [2.75, 3.05) is 13.2 Å². The van der Waals surface area contributed by atoms with Gasteiger partial charge in [-0.3, -0.25) is 4.79 Å². The topological polar surface area (TPSA) is 85.2 Å². The number of benzene rings is 2. The minimum atomic E-state index is -1.49. The van der Waals surface area contributed by atoms with Crippen molar-refractivity contribution < 1.29 is 29.1 Å². The lowest BCUT2D eigenvalue weighted by atomic mass is 9.80. The minimum absolute atomic E-state index is 0.0776. The molecular weight excluding hydrogens is 371 g/mol. The molecule has 0 heterocycles. The molecule has 0 aliphatic carbocycles. The van der Waals surface area contributed by atoms with Gasteiger partial charge in [0, 0.05) is 0 Å². The first-order valence-corrected chi connectivity index (χ1v) is 9.90. The van der Waals surface area contributed by atoms with Crippen molar-refractivity contribution >= 4 is 18.6 Å². The Kier molecular flexibility index (Phi) is 9.02. The summed E-state index contributed by atoms with van der Waals surface area (Å²) in [6, 6.07) is 13.8. The van der Waals surface area contributed by atoms with E-state index < -0.39 is 7.12 Å². The normalized spacial score (nSPS) is 11.8. The summed E-state index contributed by atoms with van der Waals surface area (Å²) in [5.41, 5.74) is 0.408. The molecule has 0 aromatic heterocycles. The summed E-state index contributed by atoms with van der Waals surface area (Å²) in [5, 5.41) is 18.2. The summed E-state index contributed by atoms with van der Waals surface area (Å²) in [4.78, 5) is 11.8. The standard InChI is InChI=1S/C22H29BO6/c1-16(2)17(3)22(24)28-15-5-4-14-27-19-10-12-21(13-11-19)29-20-8-6-18(7-9-20)23(25)26/h6-13,16-17,25-26H,4-5,14-15H2,1-3H3. The predicted octanol–water partition coefficient (Wildman–Crippen LogP) is 3.15. The van der Waals surface area contributed by atoms with Gasteiger partial charge in [-0.05, 0) is 60.6 Å². The Balaban J connectivity index is 1.67. The first-order chi connectivity index (χ1) is 13.9. The summed E-state index contributed by atoms with van der Waals surface area (Å²) < 4.78 is 16.7. The molecule has 0 spiro atoms. The van der Waals surface area contributed by atoms with Crippen molar-refractivity contribution in [3.05, 3.63) is 48.5 Å². The van der Waals surface area contributed by atoms with Gasteiger partial charge in [0.25, 0.3) is 0 Å².